The lowest BCUT2D eigenvalue weighted by molar-refractivity contribution is -0.138. The number of carbonyl (C=O) groups is 2. The molecule has 0 spiro atoms. The number of aromatic nitrogens is 2. The van der Waals surface area contributed by atoms with E-state index in [0.717, 1.165) is 66.5 Å². The van der Waals surface area contributed by atoms with E-state index < -0.39 is 11.7 Å². The van der Waals surface area contributed by atoms with Crippen molar-refractivity contribution in [1.82, 2.24) is 9.97 Å². The molecule has 11 heteroatoms. The number of alkyl halides is 3. The highest BCUT2D eigenvalue weighted by Gasteiger charge is 2.32. The van der Waals surface area contributed by atoms with E-state index in [1.54, 1.807) is 11.8 Å². The zero-order chi connectivity index (χ0) is 36.0. The zero-order valence-corrected chi connectivity index (χ0v) is 30.8. The lowest BCUT2D eigenvalue weighted by Crippen LogP contribution is -2.37. The van der Waals surface area contributed by atoms with Crippen molar-refractivity contribution in [2.45, 2.75) is 83.0 Å². The van der Waals surface area contributed by atoms with E-state index in [-0.39, 0.29) is 17.6 Å². The van der Waals surface area contributed by atoms with Crippen LogP contribution >= 0.6 is 23.5 Å². The van der Waals surface area contributed by atoms with Crippen LogP contribution in [0.2, 0.25) is 0 Å². The molecule has 0 N–H and O–H groups in total. The van der Waals surface area contributed by atoms with Gasteiger partial charge in [0, 0.05) is 36.9 Å². The Balaban J connectivity index is 0.000000197. The molecule has 0 unspecified atom stereocenters. The standard InChI is InChI=1S/C20H21F3N2OS.C19H22N2OS/c1-3-14-10-16(20(21,22)23)11-24-19(14)27-12-17(26)25-9-5-8-15-7-4-6-13(2)18(15)25;1-13-6-4-7-16-8-5-9-21(19(13)16)18(22)12-23-17-10-14(2)15(3)11-20-17/h4,6-7,10-11H,3,5,8-9,12H2,1-2H3;4,6-7,10-11H,5,8-9,12H2,1-3H3. The van der Waals surface area contributed by atoms with Gasteiger partial charge < -0.3 is 9.80 Å². The summed E-state index contributed by atoms with van der Waals surface area (Å²) in [6.45, 7) is 11.5. The minimum absolute atomic E-state index is 0.0426. The Bertz CT molecular complexity index is 1860. The highest BCUT2D eigenvalue weighted by Crippen LogP contribution is 2.35. The van der Waals surface area contributed by atoms with E-state index in [4.69, 9.17) is 0 Å². The summed E-state index contributed by atoms with van der Waals surface area (Å²) in [7, 11) is 0. The van der Waals surface area contributed by atoms with Gasteiger partial charge in [-0.1, -0.05) is 66.8 Å². The van der Waals surface area contributed by atoms with Crippen molar-refractivity contribution in [2.75, 3.05) is 34.4 Å². The normalized spacial score (nSPS) is 14.0. The molecule has 0 fully saturated rings. The third-order valence-corrected chi connectivity index (χ3v) is 11.0. The summed E-state index contributed by atoms with van der Waals surface area (Å²) in [5.74, 6) is 0.715. The molecule has 2 amide bonds. The third-order valence-electron chi connectivity index (χ3n) is 9.10. The molecule has 4 aromatic rings. The number of amides is 2. The molecule has 2 aliphatic rings. The first-order valence-corrected chi connectivity index (χ1v) is 18.9. The first-order chi connectivity index (χ1) is 23.9. The number of hydrogen-bond acceptors (Lipinski definition) is 6. The summed E-state index contributed by atoms with van der Waals surface area (Å²) in [5, 5.41) is 1.41. The summed E-state index contributed by atoms with van der Waals surface area (Å²) in [6.07, 6.45) is 2.69. The molecule has 4 heterocycles. The van der Waals surface area contributed by atoms with Crippen LogP contribution < -0.4 is 9.80 Å². The van der Waals surface area contributed by atoms with Crippen LogP contribution in [-0.4, -0.2) is 46.4 Å². The predicted octanol–water partition coefficient (Wildman–Crippen LogP) is 9.12. The molecule has 50 heavy (non-hydrogen) atoms. The Morgan fingerprint density at radius 1 is 0.740 bits per heavy atom. The first-order valence-electron chi connectivity index (χ1n) is 16.9. The molecule has 0 bridgehead atoms. The number of rotatable bonds is 7. The fraction of sp³-hybridized carbons (Fsp3) is 0.385. The van der Waals surface area contributed by atoms with Gasteiger partial charge in [-0.3, -0.25) is 9.59 Å². The van der Waals surface area contributed by atoms with Crippen molar-refractivity contribution in [3.8, 4) is 0 Å². The monoisotopic (exact) mass is 720 g/mol. The number of anilines is 2. The smallest absolute Gasteiger partial charge is 0.311 e. The van der Waals surface area contributed by atoms with Gasteiger partial charge in [0.25, 0.3) is 0 Å². The number of aryl methyl sites for hydroxylation is 7. The number of pyridine rings is 2. The maximum absolute atomic E-state index is 12.9. The Morgan fingerprint density at radius 2 is 1.30 bits per heavy atom. The number of carbonyl (C=O) groups excluding carboxylic acids is 2. The summed E-state index contributed by atoms with van der Waals surface area (Å²) in [6, 6.07) is 15.5. The zero-order valence-electron chi connectivity index (χ0n) is 29.2. The molecule has 0 radical (unpaired) electrons. The molecule has 2 aromatic carbocycles. The molecule has 6 nitrogen and oxygen atoms in total. The quantitative estimate of drug-likeness (QED) is 0.178. The first kappa shape index (κ1) is 37.4. The van der Waals surface area contributed by atoms with Gasteiger partial charge in [-0.2, -0.15) is 13.2 Å². The number of halogens is 3. The molecule has 264 valence electrons. The van der Waals surface area contributed by atoms with Crippen LogP contribution in [0.3, 0.4) is 0 Å². The maximum atomic E-state index is 12.9. The Labute approximate surface area is 301 Å². The summed E-state index contributed by atoms with van der Waals surface area (Å²) in [5.41, 5.74) is 8.96. The number of thioether (sulfide) groups is 2. The van der Waals surface area contributed by atoms with Crippen molar-refractivity contribution >= 4 is 46.7 Å². The summed E-state index contributed by atoms with van der Waals surface area (Å²) < 4.78 is 38.6. The van der Waals surface area contributed by atoms with Crippen molar-refractivity contribution in [3.63, 3.8) is 0 Å². The van der Waals surface area contributed by atoms with Crippen LogP contribution in [0, 0.1) is 27.7 Å². The predicted molar refractivity (Wildman–Crippen MR) is 197 cm³/mol. The van der Waals surface area contributed by atoms with Crippen LogP contribution in [0.1, 0.15) is 64.3 Å². The van der Waals surface area contributed by atoms with Crippen LogP contribution in [0.4, 0.5) is 24.5 Å². The average Bonchev–Trinajstić information content (AvgIpc) is 3.10. The van der Waals surface area contributed by atoms with Crippen molar-refractivity contribution < 1.29 is 22.8 Å². The van der Waals surface area contributed by atoms with Gasteiger partial charge in [0.15, 0.2) is 0 Å². The molecule has 6 rings (SSSR count). The van der Waals surface area contributed by atoms with Crippen molar-refractivity contribution in [1.29, 1.82) is 0 Å². The number of para-hydroxylation sites is 2. The number of benzene rings is 2. The third kappa shape index (κ3) is 8.90. The van der Waals surface area contributed by atoms with E-state index >= 15 is 0 Å². The average molecular weight is 721 g/mol. The SMILES string of the molecule is CCc1cc(C(F)(F)F)cnc1SCC(=O)N1CCCc2cccc(C)c21.Cc1cnc(SCC(=O)N2CCCc3cccc(C)c32)cc1C. The van der Waals surface area contributed by atoms with Gasteiger partial charge in [0.2, 0.25) is 11.8 Å². The molecular weight excluding hydrogens is 678 g/mol. The lowest BCUT2D eigenvalue weighted by atomic mass is 9.98. The van der Waals surface area contributed by atoms with E-state index in [1.807, 2.05) is 36.2 Å². The number of nitrogens with zero attached hydrogens (tertiary/aromatic N) is 4. The van der Waals surface area contributed by atoms with Crippen LogP contribution in [-0.2, 0) is 35.0 Å². The van der Waals surface area contributed by atoms with Crippen molar-refractivity contribution in [2.24, 2.45) is 0 Å². The molecule has 0 saturated carbocycles. The molecular formula is C39H43F3N4O2S2. The van der Waals surface area contributed by atoms with E-state index in [9.17, 15) is 22.8 Å². The molecule has 2 aromatic heterocycles. The molecule has 2 aliphatic heterocycles. The second kappa shape index (κ2) is 16.5. The fourth-order valence-electron chi connectivity index (χ4n) is 6.33. The van der Waals surface area contributed by atoms with E-state index in [2.05, 4.69) is 55.0 Å². The van der Waals surface area contributed by atoms with E-state index in [1.165, 1.54) is 51.3 Å². The second-order valence-electron chi connectivity index (χ2n) is 12.7. The Kier molecular flexibility index (Phi) is 12.3. The minimum Gasteiger partial charge on any atom is -0.311 e. The van der Waals surface area contributed by atoms with Gasteiger partial charge in [-0.15, -0.1) is 0 Å². The number of fused-ring (bicyclic) bond motifs is 2. The molecule has 0 aliphatic carbocycles. The molecule has 0 atom stereocenters. The number of hydrogen-bond donors (Lipinski definition) is 0. The highest BCUT2D eigenvalue weighted by molar-refractivity contribution is 8.00. The second-order valence-corrected chi connectivity index (χ2v) is 14.6. The van der Waals surface area contributed by atoms with Crippen LogP contribution in [0.15, 0.2) is 71.0 Å². The summed E-state index contributed by atoms with van der Waals surface area (Å²) >= 11 is 2.73. The highest BCUT2D eigenvalue weighted by atomic mass is 32.2. The van der Waals surface area contributed by atoms with Gasteiger partial charge in [-0.05, 0) is 111 Å². The fourth-order valence-corrected chi connectivity index (χ4v) is 8.07. The molecule has 0 saturated heterocycles. The van der Waals surface area contributed by atoms with Gasteiger partial charge >= 0.3 is 6.18 Å². The maximum Gasteiger partial charge on any atom is 0.417 e. The summed E-state index contributed by atoms with van der Waals surface area (Å²) in [4.78, 5) is 37.7. The Hall–Kier alpha value is -3.83. The van der Waals surface area contributed by atoms with Crippen LogP contribution in [0.5, 0.6) is 0 Å². The van der Waals surface area contributed by atoms with E-state index in [0.29, 0.717) is 29.3 Å². The van der Waals surface area contributed by atoms with Crippen LogP contribution in [0.25, 0.3) is 0 Å². The Morgan fingerprint density at radius 3 is 1.82 bits per heavy atom. The minimum atomic E-state index is -4.41. The van der Waals surface area contributed by atoms with Crippen molar-refractivity contribution in [3.05, 3.63) is 105 Å². The van der Waals surface area contributed by atoms with Gasteiger partial charge in [-0.25, -0.2) is 9.97 Å². The van der Waals surface area contributed by atoms with Gasteiger partial charge in [0.05, 0.1) is 27.1 Å². The van der Waals surface area contributed by atoms with Gasteiger partial charge in [0.1, 0.15) is 0 Å². The topological polar surface area (TPSA) is 66.4 Å². The lowest BCUT2D eigenvalue weighted by Gasteiger charge is -2.31. The largest absolute Gasteiger partial charge is 0.417 e.